The SMILES string of the molecule is CC[Si](CC)(CC)OC(C)(C)c1cc([C@@H](C)C2CC[C@H]3[C@@H](OC(=O)c4ccccc4)CCC[C@]23C)[nH]n1. The van der Waals surface area contributed by atoms with Crippen molar-refractivity contribution in [1.82, 2.24) is 10.2 Å². The first-order valence-electron chi connectivity index (χ1n) is 14.6. The Bertz CT molecular complexity index is 1040. The summed E-state index contributed by atoms with van der Waals surface area (Å²) in [4.78, 5) is 12.9. The van der Waals surface area contributed by atoms with Crippen LogP contribution in [0.2, 0.25) is 18.1 Å². The lowest BCUT2D eigenvalue weighted by Crippen LogP contribution is -2.43. The minimum Gasteiger partial charge on any atom is -0.458 e. The molecule has 1 unspecified atom stereocenters. The fourth-order valence-corrected chi connectivity index (χ4v) is 10.7. The second-order valence-electron chi connectivity index (χ2n) is 12.4. The van der Waals surface area contributed by atoms with E-state index >= 15 is 0 Å². The van der Waals surface area contributed by atoms with Crippen LogP contribution in [-0.4, -0.2) is 30.6 Å². The van der Waals surface area contributed by atoms with Crippen molar-refractivity contribution in [2.45, 2.75) is 116 Å². The summed E-state index contributed by atoms with van der Waals surface area (Å²) in [6, 6.07) is 15.1. The van der Waals surface area contributed by atoms with E-state index in [1.807, 2.05) is 30.3 Å². The number of aromatic amines is 1. The average Bonchev–Trinajstić information content (AvgIpc) is 3.54. The van der Waals surface area contributed by atoms with Gasteiger partial charge in [-0.1, -0.05) is 52.8 Å². The molecule has 0 aliphatic heterocycles. The first-order chi connectivity index (χ1) is 17.6. The smallest absolute Gasteiger partial charge is 0.338 e. The zero-order chi connectivity index (χ0) is 26.8. The van der Waals surface area contributed by atoms with Gasteiger partial charge in [-0.05, 0) is 93.6 Å². The largest absolute Gasteiger partial charge is 0.458 e. The molecule has 1 aromatic heterocycles. The average molecular weight is 525 g/mol. The summed E-state index contributed by atoms with van der Waals surface area (Å²) in [5, 5.41) is 8.19. The van der Waals surface area contributed by atoms with Crippen molar-refractivity contribution in [1.29, 1.82) is 0 Å². The number of carbonyl (C=O) groups excluding carboxylic acids is 1. The number of esters is 1. The highest BCUT2D eigenvalue weighted by Crippen LogP contribution is 2.59. The van der Waals surface area contributed by atoms with Crippen LogP contribution >= 0.6 is 0 Å². The first kappa shape index (κ1) is 28.1. The molecule has 5 atom stereocenters. The van der Waals surface area contributed by atoms with Crippen LogP contribution in [0.3, 0.4) is 0 Å². The Morgan fingerprint density at radius 2 is 1.81 bits per heavy atom. The lowest BCUT2D eigenvalue weighted by Gasteiger charge is -2.46. The van der Waals surface area contributed by atoms with Crippen molar-refractivity contribution in [3.05, 3.63) is 53.3 Å². The third-order valence-corrected chi connectivity index (χ3v) is 14.9. The van der Waals surface area contributed by atoms with Gasteiger partial charge >= 0.3 is 5.97 Å². The highest BCUT2D eigenvalue weighted by Gasteiger charge is 2.54. The van der Waals surface area contributed by atoms with Crippen LogP contribution in [-0.2, 0) is 14.8 Å². The van der Waals surface area contributed by atoms with Crippen LogP contribution in [0.25, 0.3) is 0 Å². The number of nitrogens with zero attached hydrogens (tertiary/aromatic N) is 1. The molecular formula is C31H48N2O3Si. The summed E-state index contributed by atoms with van der Waals surface area (Å²) in [6.45, 7) is 16.0. The van der Waals surface area contributed by atoms with E-state index in [2.05, 4.69) is 59.6 Å². The second-order valence-corrected chi connectivity index (χ2v) is 17.0. The molecule has 2 aliphatic rings. The highest BCUT2D eigenvalue weighted by atomic mass is 28.4. The van der Waals surface area contributed by atoms with Gasteiger partial charge in [0.15, 0.2) is 8.32 Å². The molecule has 5 nitrogen and oxygen atoms in total. The normalized spacial score (nSPS) is 27.1. The first-order valence-corrected chi connectivity index (χ1v) is 17.1. The molecule has 2 saturated carbocycles. The van der Waals surface area contributed by atoms with Crippen LogP contribution in [0.1, 0.15) is 108 Å². The number of benzene rings is 1. The molecule has 37 heavy (non-hydrogen) atoms. The Labute approximate surface area is 225 Å². The Morgan fingerprint density at radius 3 is 2.46 bits per heavy atom. The van der Waals surface area contributed by atoms with Crippen molar-refractivity contribution in [3.8, 4) is 0 Å². The quantitative estimate of drug-likeness (QED) is 0.251. The lowest BCUT2D eigenvalue weighted by atomic mass is 9.61. The third kappa shape index (κ3) is 5.47. The summed E-state index contributed by atoms with van der Waals surface area (Å²) in [5.74, 6) is 1.12. The number of hydrogen-bond donors (Lipinski definition) is 1. The van der Waals surface area contributed by atoms with Gasteiger partial charge in [0.05, 0.1) is 16.9 Å². The molecule has 1 heterocycles. The molecule has 1 N–H and O–H groups in total. The van der Waals surface area contributed by atoms with E-state index in [1.165, 1.54) is 12.1 Å². The Balaban J connectivity index is 1.48. The van der Waals surface area contributed by atoms with Gasteiger partial charge < -0.3 is 9.16 Å². The van der Waals surface area contributed by atoms with Crippen molar-refractivity contribution < 1.29 is 14.0 Å². The minimum absolute atomic E-state index is 0.00327. The molecule has 0 amide bonds. The van der Waals surface area contributed by atoms with Gasteiger partial charge in [-0.25, -0.2) is 4.79 Å². The van der Waals surface area contributed by atoms with Gasteiger partial charge in [0.2, 0.25) is 0 Å². The Hall–Kier alpha value is -1.92. The molecule has 0 radical (unpaired) electrons. The molecule has 2 fully saturated rings. The predicted octanol–water partition coefficient (Wildman–Crippen LogP) is 8.21. The predicted molar refractivity (Wildman–Crippen MR) is 152 cm³/mol. The van der Waals surface area contributed by atoms with Gasteiger partial charge in [-0.2, -0.15) is 5.10 Å². The number of nitrogens with one attached hydrogen (secondary N) is 1. The van der Waals surface area contributed by atoms with Gasteiger partial charge in [-0.15, -0.1) is 0 Å². The van der Waals surface area contributed by atoms with Gasteiger partial charge in [0.1, 0.15) is 6.10 Å². The summed E-state index contributed by atoms with van der Waals surface area (Å²) < 4.78 is 13.0. The number of fused-ring (bicyclic) bond motifs is 1. The molecule has 6 heteroatoms. The summed E-state index contributed by atoms with van der Waals surface area (Å²) in [5.41, 5.74) is 2.63. The zero-order valence-electron chi connectivity index (χ0n) is 24.1. The van der Waals surface area contributed by atoms with E-state index in [0.717, 1.165) is 49.5 Å². The van der Waals surface area contributed by atoms with Gasteiger partial charge in [0, 0.05) is 17.5 Å². The number of carbonyl (C=O) groups is 1. The topological polar surface area (TPSA) is 64.2 Å². The van der Waals surface area contributed by atoms with E-state index in [1.54, 1.807) is 0 Å². The zero-order valence-corrected chi connectivity index (χ0v) is 25.1. The van der Waals surface area contributed by atoms with Crippen molar-refractivity contribution in [2.75, 3.05) is 0 Å². The second kappa shape index (κ2) is 11.1. The van der Waals surface area contributed by atoms with E-state index in [0.29, 0.717) is 23.3 Å². The third-order valence-electron chi connectivity index (χ3n) is 10.1. The van der Waals surface area contributed by atoms with E-state index < -0.39 is 13.9 Å². The summed E-state index contributed by atoms with van der Waals surface area (Å²) in [7, 11) is -1.76. The molecule has 2 aromatic rings. The van der Waals surface area contributed by atoms with Crippen LogP contribution in [0.4, 0.5) is 0 Å². The monoisotopic (exact) mass is 524 g/mol. The van der Waals surface area contributed by atoms with Gasteiger partial charge in [-0.3, -0.25) is 5.10 Å². The fraction of sp³-hybridized carbons (Fsp3) is 0.677. The fourth-order valence-electron chi connectivity index (χ4n) is 7.56. The maximum atomic E-state index is 12.9. The number of hydrogen-bond acceptors (Lipinski definition) is 4. The van der Waals surface area contributed by atoms with Crippen LogP contribution < -0.4 is 0 Å². The van der Waals surface area contributed by atoms with Crippen molar-refractivity contribution in [2.24, 2.45) is 17.3 Å². The lowest BCUT2D eigenvalue weighted by molar-refractivity contribution is -0.0431. The van der Waals surface area contributed by atoms with Crippen molar-refractivity contribution in [3.63, 3.8) is 0 Å². The van der Waals surface area contributed by atoms with Crippen LogP contribution in [0, 0.1) is 17.3 Å². The minimum atomic E-state index is -1.76. The number of aromatic nitrogens is 2. The Kier molecular flexibility index (Phi) is 8.39. The number of ether oxygens (including phenoxy) is 1. The number of H-pyrrole nitrogens is 1. The number of rotatable bonds is 10. The molecular weight excluding hydrogens is 476 g/mol. The standard InChI is InChI=1S/C31H48N2O3Si/c1-8-37(9-2,10-3)36-30(5,6)28-21-26(32-33-28)22(4)24-18-19-25-27(17-14-20-31(24,25)7)35-29(34)23-15-12-11-13-16-23/h11-13,15-16,21-22,24-25,27H,8-10,14,17-20H2,1-7H3,(H,32,33)/t22-,24?,25-,27-,31+/m0/s1. The highest BCUT2D eigenvalue weighted by molar-refractivity contribution is 6.73. The van der Waals surface area contributed by atoms with E-state index in [9.17, 15) is 4.79 Å². The molecule has 0 spiro atoms. The van der Waals surface area contributed by atoms with Gasteiger partial charge in [0.25, 0.3) is 0 Å². The summed E-state index contributed by atoms with van der Waals surface area (Å²) >= 11 is 0. The maximum Gasteiger partial charge on any atom is 0.338 e. The molecule has 4 rings (SSSR count). The van der Waals surface area contributed by atoms with Crippen molar-refractivity contribution >= 4 is 14.3 Å². The van der Waals surface area contributed by atoms with E-state index in [-0.39, 0.29) is 17.5 Å². The van der Waals surface area contributed by atoms with Crippen LogP contribution in [0.15, 0.2) is 36.4 Å². The van der Waals surface area contributed by atoms with Crippen LogP contribution in [0.5, 0.6) is 0 Å². The molecule has 0 bridgehead atoms. The maximum absolute atomic E-state index is 12.9. The molecule has 204 valence electrons. The molecule has 1 aromatic carbocycles. The molecule has 0 saturated heterocycles. The Morgan fingerprint density at radius 1 is 1.14 bits per heavy atom. The van der Waals surface area contributed by atoms with E-state index in [4.69, 9.17) is 14.3 Å². The summed E-state index contributed by atoms with van der Waals surface area (Å²) in [6.07, 6.45) is 5.55. The molecule has 2 aliphatic carbocycles.